The molecule has 0 aliphatic carbocycles. The molecule has 0 bridgehead atoms. The Morgan fingerprint density at radius 1 is 1.16 bits per heavy atom. The van der Waals surface area contributed by atoms with Crippen molar-refractivity contribution in [1.82, 2.24) is 0 Å². The largest absolute Gasteiger partial charge is 0.465 e. The first kappa shape index (κ1) is 16.2. The van der Waals surface area contributed by atoms with E-state index < -0.39 is 0 Å². The van der Waals surface area contributed by atoms with Gasteiger partial charge in [-0.25, -0.2) is 4.79 Å². The van der Waals surface area contributed by atoms with E-state index in [0.717, 1.165) is 19.4 Å². The van der Waals surface area contributed by atoms with Crippen molar-refractivity contribution in [2.75, 3.05) is 25.7 Å². The standard InChI is InChI=1S/C21H23NO3/c1-22-18-8-4-3-6-16(18)20-17(7-5-13-25-20)19(22)14-9-11-15(12-10-14)21(23)24-2/h3-4,6,8-12,17,19-20H,5,7,13H2,1-2H3. The molecule has 2 aliphatic heterocycles. The van der Waals surface area contributed by atoms with Crippen LogP contribution < -0.4 is 4.90 Å². The number of anilines is 1. The number of hydrogen-bond acceptors (Lipinski definition) is 4. The quantitative estimate of drug-likeness (QED) is 0.772. The molecule has 130 valence electrons. The minimum Gasteiger partial charge on any atom is -0.465 e. The molecule has 3 atom stereocenters. The molecular formula is C21H23NO3. The van der Waals surface area contributed by atoms with Gasteiger partial charge in [0.15, 0.2) is 0 Å². The van der Waals surface area contributed by atoms with Crippen LogP contribution in [0.25, 0.3) is 0 Å². The smallest absolute Gasteiger partial charge is 0.337 e. The van der Waals surface area contributed by atoms with Gasteiger partial charge in [-0.15, -0.1) is 0 Å². The molecule has 0 radical (unpaired) electrons. The summed E-state index contributed by atoms with van der Waals surface area (Å²) in [6.07, 6.45) is 2.38. The molecule has 1 fully saturated rings. The number of esters is 1. The number of ether oxygens (including phenoxy) is 2. The van der Waals surface area contributed by atoms with Crippen molar-refractivity contribution in [2.45, 2.75) is 25.0 Å². The fraction of sp³-hybridized carbons (Fsp3) is 0.381. The molecule has 25 heavy (non-hydrogen) atoms. The summed E-state index contributed by atoms with van der Waals surface area (Å²) in [5.41, 5.74) is 4.32. The Balaban J connectivity index is 1.74. The molecular weight excluding hydrogens is 314 g/mol. The Labute approximate surface area is 148 Å². The average Bonchev–Trinajstić information content (AvgIpc) is 2.68. The van der Waals surface area contributed by atoms with Crippen LogP contribution >= 0.6 is 0 Å². The Morgan fingerprint density at radius 2 is 1.92 bits per heavy atom. The lowest BCUT2D eigenvalue weighted by Crippen LogP contribution is -2.41. The number of para-hydroxylation sites is 1. The summed E-state index contributed by atoms with van der Waals surface area (Å²) in [5.74, 6) is 0.116. The van der Waals surface area contributed by atoms with Gasteiger partial charge in [0.1, 0.15) is 0 Å². The minimum absolute atomic E-state index is 0.145. The van der Waals surface area contributed by atoms with Crippen molar-refractivity contribution in [2.24, 2.45) is 5.92 Å². The Bertz CT molecular complexity index is 771. The average molecular weight is 337 g/mol. The van der Waals surface area contributed by atoms with Crippen LogP contribution in [0.5, 0.6) is 0 Å². The second kappa shape index (κ2) is 6.52. The highest BCUT2D eigenvalue weighted by atomic mass is 16.5. The Kier molecular flexibility index (Phi) is 4.22. The highest BCUT2D eigenvalue weighted by molar-refractivity contribution is 5.89. The van der Waals surface area contributed by atoms with E-state index in [9.17, 15) is 4.79 Å². The first-order valence-corrected chi connectivity index (χ1v) is 8.82. The highest BCUT2D eigenvalue weighted by Crippen LogP contribution is 2.51. The first-order valence-electron chi connectivity index (χ1n) is 8.82. The summed E-state index contributed by atoms with van der Waals surface area (Å²) in [4.78, 5) is 14.1. The van der Waals surface area contributed by atoms with Crippen LogP contribution in [0, 0.1) is 5.92 Å². The van der Waals surface area contributed by atoms with Crippen molar-refractivity contribution in [3.8, 4) is 0 Å². The molecule has 2 aromatic rings. The van der Waals surface area contributed by atoms with E-state index in [1.54, 1.807) is 0 Å². The van der Waals surface area contributed by atoms with Gasteiger partial charge >= 0.3 is 5.97 Å². The second-order valence-electron chi connectivity index (χ2n) is 6.83. The summed E-state index contributed by atoms with van der Waals surface area (Å²) in [7, 11) is 3.56. The third kappa shape index (κ3) is 2.71. The predicted molar refractivity (Wildman–Crippen MR) is 96.8 cm³/mol. The van der Waals surface area contributed by atoms with E-state index in [-0.39, 0.29) is 18.1 Å². The zero-order chi connectivity index (χ0) is 17.4. The Morgan fingerprint density at radius 3 is 2.68 bits per heavy atom. The van der Waals surface area contributed by atoms with E-state index in [1.807, 2.05) is 24.3 Å². The van der Waals surface area contributed by atoms with Crippen LogP contribution in [0.3, 0.4) is 0 Å². The number of rotatable bonds is 2. The van der Waals surface area contributed by atoms with Crippen molar-refractivity contribution in [3.63, 3.8) is 0 Å². The minimum atomic E-state index is -0.298. The summed E-state index contributed by atoms with van der Waals surface area (Å²) >= 11 is 0. The lowest BCUT2D eigenvalue weighted by molar-refractivity contribution is -0.0420. The highest BCUT2D eigenvalue weighted by Gasteiger charge is 2.42. The molecule has 0 saturated carbocycles. The van der Waals surface area contributed by atoms with E-state index in [0.29, 0.717) is 11.5 Å². The molecule has 0 N–H and O–H groups in total. The maximum absolute atomic E-state index is 11.7. The molecule has 4 rings (SSSR count). The van der Waals surface area contributed by atoms with Crippen molar-refractivity contribution in [3.05, 3.63) is 65.2 Å². The van der Waals surface area contributed by atoms with E-state index in [1.165, 1.54) is 23.9 Å². The van der Waals surface area contributed by atoms with E-state index in [4.69, 9.17) is 9.47 Å². The third-order valence-corrected chi connectivity index (χ3v) is 5.49. The van der Waals surface area contributed by atoms with Crippen molar-refractivity contribution in [1.29, 1.82) is 0 Å². The molecule has 0 aromatic heterocycles. The fourth-order valence-electron chi connectivity index (χ4n) is 4.34. The topological polar surface area (TPSA) is 38.8 Å². The summed E-state index contributed by atoms with van der Waals surface area (Å²) in [5, 5.41) is 0. The first-order chi connectivity index (χ1) is 12.2. The molecule has 1 saturated heterocycles. The van der Waals surface area contributed by atoms with Gasteiger partial charge in [0.2, 0.25) is 0 Å². The van der Waals surface area contributed by atoms with Gasteiger partial charge in [-0.2, -0.15) is 0 Å². The fourth-order valence-corrected chi connectivity index (χ4v) is 4.34. The van der Waals surface area contributed by atoms with Crippen LogP contribution in [0.1, 0.15) is 46.5 Å². The van der Waals surface area contributed by atoms with Crippen LogP contribution in [0.4, 0.5) is 5.69 Å². The van der Waals surface area contributed by atoms with Gasteiger partial charge in [0.25, 0.3) is 0 Å². The summed E-state index contributed by atoms with van der Waals surface area (Å²) in [6, 6.07) is 16.6. The van der Waals surface area contributed by atoms with Gasteiger partial charge in [-0.3, -0.25) is 0 Å². The molecule has 2 aliphatic rings. The predicted octanol–water partition coefficient (Wildman–Crippen LogP) is 4.13. The Hall–Kier alpha value is -2.33. The normalized spacial score (nSPS) is 25.0. The van der Waals surface area contributed by atoms with Gasteiger partial charge in [0.05, 0.1) is 24.8 Å². The van der Waals surface area contributed by atoms with Crippen LogP contribution in [0.2, 0.25) is 0 Å². The SMILES string of the molecule is COC(=O)c1ccc(C2C3CCCOC3c3ccccc3N2C)cc1. The monoisotopic (exact) mass is 337 g/mol. The summed E-state index contributed by atoms with van der Waals surface area (Å²) < 4.78 is 11.0. The molecule has 4 nitrogen and oxygen atoms in total. The van der Waals surface area contributed by atoms with Gasteiger partial charge in [0, 0.05) is 30.8 Å². The molecule has 0 amide bonds. The second-order valence-corrected chi connectivity index (χ2v) is 6.83. The number of carbonyl (C=O) groups is 1. The number of fused-ring (bicyclic) bond motifs is 3. The molecule has 2 aromatic carbocycles. The van der Waals surface area contributed by atoms with Crippen LogP contribution in [-0.2, 0) is 9.47 Å². The van der Waals surface area contributed by atoms with Gasteiger partial charge < -0.3 is 14.4 Å². The zero-order valence-corrected chi connectivity index (χ0v) is 14.6. The maximum atomic E-state index is 11.7. The van der Waals surface area contributed by atoms with Gasteiger partial charge in [-0.05, 0) is 36.6 Å². The maximum Gasteiger partial charge on any atom is 0.337 e. The van der Waals surface area contributed by atoms with Crippen LogP contribution in [0.15, 0.2) is 48.5 Å². The zero-order valence-electron chi connectivity index (χ0n) is 14.6. The molecule has 4 heteroatoms. The van der Waals surface area contributed by atoms with E-state index in [2.05, 4.69) is 36.2 Å². The number of nitrogens with zero attached hydrogens (tertiary/aromatic N) is 1. The lowest BCUT2D eigenvalue weighted by Gasteiger charge is -2.48. The van der Waals surface area contributed by atoms with Crippen molar-refractivity contribution < 1.29 is 14.3 Å². The number of hydrogen-bond donors (Lipinski definition) is 0. The summed E-state index contributed by atoms with van der Waals surface area (Å²) in [6.45, 7) is 0.827. The number of carbonyl (C=O) groups excluding carboxylic acids is 1. The van der Waals surface area contributed by atoms with E-state index >= 15 is 0 Å². The molecule has 3 unspecified atom stereocenters. The third-order valence-electron chi connectivity index (χ3n) is 5.49. The van der Waals surface area contributed by atoms with Gasteiger partial charge in [-0.1, -0.05) is 30.3 Å². The van der Waals surface area contributed by atoms with Crippen molar-refractivity contribution >= 4 is 11.7 Å². The number of methoxy groups -OCH3 is 1. The number of benzene rings is 2. The molecule has 2 heterocycles. The molecule has 0 spiro atoms. The van der Waals surface area contributed by atoms with Crippen LogP contribution in [-0.4, -0.2) is 26.7 Å². The lowest BCUT2D eigenvalue weighted by atomic mass is 9.76.